The fraction of sp³-hybridized carbons (Fsp3) is 0.348. The third-order valence-electron chi connectivity index (χ3n) is 6.00. The maximum atomic E-state index is 13.5. The minimum Gasteiger partial charge on any atom is -0.379 e. The van der Waals surface area contributed by atoms with Crippen LogP contribution in [-0.4, -0.2) is 77.9 Å². The number of amides is 3. The molecule has 12 heteroatoms. The number of anilines is 1. The molecule has 0 spiro atoms. The first-order chi connectivity index (χ1) is 16.8. The highest BCUT2D eigenvalue weighted by Gasteiger charge is 2.44. The number of nitro groups is 1. The summed E-state index contributed by atoms with van der Waals surface area (Å²) in [6, 6.07) is 7.44. The Hall–Kier alpha value is -3.41. The van der Waals surface area contributed by atoms with Gasteiger partial charge in [0.1, 0.15) is 16.9 Å². The summed E-state index contributed by atoms with van der Waals surface area (Å²) < 4.78 is 18.7. The summed E-state index contributed by atoms with van der Waals surface area (Å²) in [5.41, 5.74) is -0.262. The lowest BCUT2D eigenvalue weighted by atomic mass is 10.1. The number of ether oxygens (including phenoxy) is 1. The lowest BCUT2D eigenvalue weighted by Crippen LogP contribution is -2.49. The smallest absolute Gasteiger partial charge is 0.288 e. The van der Waals surface area contributed by atoms with Crippen molar-refractivity contribution in [1.82, 2.24) is 9.80 Å². The Labute approximate surface area is 204 Å². The third-order valence-corrected chi connectivity index (χ3v) is 6.31. The number of nitrogens with zero attached hydrogens (tertiary/aromatic N) is 4. The Morgan fingerprint density at radius 3 is 2.51 bits per heavy atom. The van der Waals surface area contributed by atoms with E-state index in [1.165, 1.54) is 29.2 Å². The number of benzene rings is 2. The highest BCUT2D eigenvalue weighted by atomic mass is 35.5. The Kier molecular flexibility index (Phi) is 7.39. The van der Waals surface area contributed by atoms with Crippen LogP contribution in [0.25, 0.3) is 0 Å². The number of halogens is 2. The molecule has 35 heavy (non-hydrogen) atoms. The highest BCUT2D eigenvalue weighted by molar-refractivity contribution is 6.32. The van der Waals surface area contributed by atoms with E-state index in [1.54, 1.807) is 0 Å². The molecule has 184 valence electrons. The first-order valence-corrected chi connectivity index (χ1v) is 11.3. The van der Waals surface area contributed by atoms with Crippen LogP contribution in [-0.2, 0) is 14.3 Å². The van der Waals surface area contributed by atoms with Crippen molar-refractivity contribution in [2.24, 2.45) is 0 Å². The van der Waals surface area contributed by atoms with E-state index in [-0.39, 0.29) is 29.2 Å². The molecule has 1 atom stereocenters. The monoisotopic (exact) mass is 504 g/mol. The first kappa shape index (κ1) is 24.7. The number of imide groups is 1. The van der Waals surface area contributed by atoms with Gasteiger partial charge in [0, 0.05) is 37.8 Å². The standard InChI is InChI=1S/C23H22ClFN4O6/c24-18-6-1-15(13-19(18)29(33)34)22(31)27(8-7-26-9-11-35-12-10-26)20-14-21(30)28(23(20)32)17-4-2-16(25)3-5-17/h1-6,13,20H,7-12,14H2. The fourth-order valence-corrected chi connectivity index (χ4v) is 4.33. The average molecular weight is 505 g/mol. The van der Waals surface area contributed by atoms with Gasteiger partial charge >= 0.3 is 0 Å². The van der Waals surface area contributed by atoms with Gasteiger partial charge in [-0.3, -0.25) is 29.4 Å². The summed E-state index contributed by atoms with van der Waals surface area (Å²) in [4.78, 5) is 54.5. The van der Waals surface area contributed by atoms with E-state index in [9.17, 15) is 28.9 Å². The normalized spacial score (nSPS) is 18.7. The van der Waals surface area contributed by atoms with Crippen LogP contribution in [0.2, 0.25) is 5.02 Å². The molecule has 2 fully saturated rings. The highest BCUT2D eigenvalue weighted by Crippen LogP contribution is 2.29. The van der Waals surface area contributed by atoms with Crippen molar-refractivity contribution in [2.75, 3.05) is 44.3 Å². The van der Waals surface area contributed by atoms with E-state index < -0.39 is 40.2 Å². The van der Waals surface area contributed by atoms with E-state index in [0.29, 0.717) is 32.8 Å². The summed E-state index contributed by atoms with van der Waals surface area (Å²) in [5, 5.41) is 11.2. The van der Waals surface area contributed by atoms with E-state index in [0.717, 1.165) is 23.1 Å². The zero-order valence-electron chi connectivity index (χ0n) is 18.6. The Bertz CT molecular complexity index is 1160. The summed E-state index contributed by atoms with van der Waals surface area (Å²) in [6.07, 6.45) is -0.263. The van der Waals surface area contributed by atoms with Crippen molar-refractivity contribution in [2.45, 2.75) is 12.5 Å². The van der Waals surface area contributed by atoms with Gasteiger partial charge in [0.15, 0.2) is 0 Å². The minimum atomic E-state index is -1.11. The van der Waals surface area contributed by atoms with Crippen LogP contribution >= 0.6 is 11.6 Å². The Morgan fingerprint density at radius 1 is 1.17 bits per heavy atom. The molecule has 2 aliphatic rings. The molecule has 4 rings (SSSR count). The topological polar surface area (TPSA) is 113 Å². The lowest BCUT2D eigenvalue weighted by molar-refractivity contribution is -0.384. The van der Waals surface area contributed by atoms with E-state index in [2.05, 4.69) is 4.90 Å². The van der Waals surface area contributed by atoms with Gasteiger partial charge in [0.05, 0.1) is 30.2 Å². The molecule has 2 aromatic rings. The molecule has 0 aliphatic carbocycles. The molecule has 3 amide bonds. The second-order valence-corrected chi connectivity index (χ2v) is 8.55. The largest absolute Gasteiger partial charge is 0.379 e. The molecule has 2 saturated heterocycles. The van der Waals surface area contributed by atoms with Crippen molar-refractivity contribution < 1.29 is 28.4 Å². The number of morpholine rings is 1. The summed E-state index contributed by atoms with van der Waals surface area (Å²) in [7, 11) is 0. The number of carbonyl (C=O) groups excluding carboxylic acids is 3. The molecular weight excluding hydrogens is 483 g/mol. The van der Waals surface area contributed by atoms with Gasteiger partial charge in [-0.25, -0.2) is 9.29 Å². The van der Waals surface area contributed by atoms with Crippen LogP contribution in [0, 0.1) is 15.9 Å². The number of nitro benzene ring substituents is 1. The first-order valence-electron chi connectivity index (χ1n) is 10.9. The molecule has 0 aromatic heterocycles. The molecular formula is C23H22ClFN4O6. The fourth-order valence-electron chi connectivity index (χ4n) is 4.15. The quantitative estimate of drug-likeness (QED) is 0.323. The second-order valence-electron chi connectivity index (χ2n) is 8.14. The summed E-state index contributed by atoms with van der Waals surface area (Å²) in [6.45, 7) is 2.89. The van der Waals surface area contributed by atoms with Crippen molar-refractivity contribution in [1.29, 1.82) is 0 Å². The van der Waals surface area contributed by atoms with Gasteiger partial charge in [-0.1, -0.05) is 11.6 Å². The van der Waals surface area contributed by atoms with Crippen LogP contribution in [0.5, 0.6) is 0 Å². The van der Waals surface area contributed by atoms with Gasteiger partial charge < -0.3 is 9.64 Å². The molecule has 0 N–H and O–H groups in total. The predicted molar refractivity (Wildman–Crippen MR) is 124 cm³/mol. The van der Waals surface area contributed by atoms with Gasteiger partial charge in [0.2, 0.25) is 5.91 Å². The van der Waals surface area contributed by atoms with E-state index in [4.69, 9.17) is 16.3 Å². The second kappa shape index (κ2) is 10.5. The molecule has 0 bridgehead atoms. The van der Waals surface area contributed by atoms with Crippen molar-refractivity contribution in [3.63, 3.8) is 0 Å². The van der Waals surface area contributed by atoms with Crippen LogP contribution in [0.15, 0.2) is 42.5 Å². The molecule has 1 unspecified atom stereocenters. The number of hydrogen-bond donors (Lipinski definition) is 0. The Morgan fingerprint density at radius 2 is 1.86 bits per heavy atom. The van der Waals surface area contributed by atoms with Crippen LogP contribution < -0.4 is 4.90 Å². The number of hydrogen-bond acceptors (Lipinski definition) is 7. The summed E-state index contributed by atoms with van der Waals surface area (Å²) >= 11 is 5.89. The predicted octanol–water partition coefficient (Wildman–Crippen LogP) is 2.49. The maximum Gasteiger partial charge on any atom is 0.288 e. The summed E-state index contributed by atoms with van der Waals surface area (Å²) in [5.74, 6) is -2.31. The Balaban J connectivity index is 1.63. The van der Waals surface area contributed by atoms with Gasteiger partial charge in [0.25, 0.3) is 17.5 Å². The maximum absolute atomic E-state index is 13.5. The molecule has 2 heterocycles. The van der Waals surface area contributed by atoms with Gasteiger partial charge in [-0.2, -0.15) is 0 Å². The molecule has 0 saturated carbocycles. The van der Waals surface area contributed by atoms with Crippen LogP contribution in [0.4, 0.5) is 15.8 Å². The third kappa shape index (κ3) is 5.31. The SMILES string of the molecule is O=C1CC(N(CCN2CCOCC2)C(=O)c2ccc(Cl)c([N+](=O)[O-])c2)C(=O)N1c1ccc(F)cc1. The number of carbonyl (C=O) groups is 3. The zero-order chi connectivity index (χ0) is 25.1. The van der Waals surface area contributed by atoms with Crippen molar-refractivity contribution >= 4 is 40.7 Å². The van der Waals surface area contributed by atoms with Crippen molar-refractivity contribution in [3.8, 4) is 0 Å². The lowest BCUT2D eigenvalue weighted by Gasteiger charge is -2.32. The zero-order valence-corrected chi connectivity index (χ0v) is 19.3. The van der Waals surface area contributed by atoms with E-state index >= 15 is 0 Å². The van der Waals surface area contributed by atoms with Gasteiger partial charge in [-0.05, 0) is 36.4 Å². The van der Waals surface area contributed by atoms with E-state index in [1.807, 2.05) is 0 Å². The molecule has 0 radical (unpaired) electrons. The van der Waals surface area contributed by atoms with Crippen LogP contribution in [0.1, 0.15) is 16.8 Å². The van der Waals surface area contributed by atoms with Crippen LogP contribution in [0.3, 0.4) is 0 Å². The minimum absolute atomic E-state index is 0.0245. The molecule has 2 aromatic carbocycles. The van der Waals surface area contributed by atoms with Gasteiger partial charge in [-0.15, -0.1) is 0 Å². The molecule has 10 nitrogen and oxygen atoms in total. The molecule has 2 aliphatic heterocycles. The van der Waals surface area contributed by atoms with Crippen molar-refractivity contribution in [3.05, 3.63) is 69.0 Å². The average Bonchev–Trinajstić information content (AvgIpc) is 3.14. The number of rotatable bonds is 7.